The molecule has 0 fully saturated rings. The van der Waals surface area contributed by atoms with Gasteiger partial charge in [-0.3, -0.25) is 4.79 Å². The smallest absolute Gasteiger partial charge is 0.303 e. The molecule has 2 aromatic heterocycles. The zero-order chi connectivity index (χ0) is 13.8. The van der Waals surface area contributed by atoms with Gasteiger partial charge in [-0.2, -0.15) is 0 Å². The first kappa shape index (κ1) is 13.2. The summed E-state index contributed by atoms with van der Waals surface area (Å²) in [7, 11) is 0. The molecule has 2 heterocycles. The van der Waals surface area contributed by atoms with Gasteiger partial charge in [0.25, 0.3) is 5.89 Å². The summed E-state index contributed by atoms with van der Waals surface area (Å²) in [4.78, 5) is 14.9. The Kier molecular flexibility index (Phi) is 3.89. The highest BCUT2D eigenvalue weighted by atomic mass is 16.4. The summed E-state index contributed by atoms with van der Waals surface area (Å²) in [5, 5.41) is 16.6. The summed E-state index contributed by atoms with van der Waals surface area (Å²) in [5.74, 6) is -0.0721. The van der Waals surface area contributed by atoms with E-state index in [1.807, 2.05) is 26.0 Å². The third-order valence-corrected chi connectivity index (χ3v) is 2.62. The molecule has 1 unspecified atom stereocenters. The molecule has 0 aliphatic rings. The molecule has 0 aliphatic carbocycles. The van der Waals surface area contributed by atoms with Gasteiger partial charge in [-0.05, 0) is 25.0 Å². The molecule has 0 spiro atoms. The highest BCUT2D eigenvalue weighted by Gasteiger charge is 2.14. The number of pyridine rings is 1. The number of hydrogen-bond acceptors (Lipinski definition) is 5. The number of nitrogens with zero attached hydrogens (tertiary/aromatic N) is 3. The minimum Gasteiger partial charge on any atom is -0.481 e. The average Bonchev–Trinajstić information content (AvgIpc) is 2.76. The largest absolute Gasteiger partial charge is 0.481 e. The number of carbonyl (C=O) groups is 1. The SMILES string of the molecule is Cc1cccc(-c2nnc(CC(C)CC(=O)O)o2)n1. The van der Waals surface area contributed by atoms with Crippen LogP contribution in [-0.4, -0.2) is 26.3 Å². The van der Waals surface area contributed by atoms with Gasteiger partial charge in [0, 0.05) is 18.5 Å². The van der Waals surface area contributed by atoms with Gasteiger partial charge in [-0.1, -0.05) is 13.0 Å². The summed E-state index contributed by atoms with van der Waals surface area (Å²) >= 11 is 0. The molecule has 19 heavy (non-hydrogen) atoms. The van der Waals surface area contributed by atoms with Crippen LogP contribution in [0.25, 0.3) is 11.6 Å². The number of carboxylic acid groups (broad SMARTS) is 1. The quantitative estimate of drug-likeness (QED) is 0.886. The van der Waals surface area contributed by atoms with Crippen molar-refractivity contribution >= 4 is 5.97 Å². The molecule has 0 saturated heterocycles. The van der Waals surface area contributed by atoms with E-state index in [-0.39, 0.29) is 12.3 Å². The summed E-state index contributed by atoms with van der Waals surface area (Å²) in [6, 6.07) is 5.55. The second-order valence-corrected chi connectivity index (χ2v) is 4.57. The van der Waals surface area contributed by atoms with Crippen LogP contribution in [0, 0.1) is 12.8 Å². The van der Waals surface area contributed by atoms with Crippen LogP contribution in [0.15, 0.2) is 22.6 Å². The van der Waals surface area contributed by atoms with E-state index in [0.717, 1.165) is 5.69 Å². The van der Waals surface area contributed by atoms with Crippen LogP contribution in [-0.2, 0) is 11.2 Å². The molecule has 6 nitrogen and oxygen atoms in total. The summed E-state index contributed by atoms with van der Waals surface area (Å²) in [6.07, 6.45) is 0.533. The van der Waals surface area contributed by atoms with Gasteiger partial charge in [0.1, 0.15) is 5.69 Å². The van der Waals surface area contributed by atoms with E-state index < -0.39 is 5.97 Å². The number of aliphatic carboxylic acids is 1. The van der Waals surface area contributed by atoms with Crippen molar-refractivity contribution in [2.24, 2.45) is 5.92 Å². The lowest BCUT2D eigenvalue weighted by molar-refractivity contribution is -0.137. The predicted octanol–water partition coefficient (Wildman–Crippen LogP) is 2.09. The highest BCUT2D eigenvalue weighted by molar-refractivity contribution is 5.66. The van der Waals surface area contributed by atoms with Crippen molar-refractivity contribution in [1.29, 1.82) is 0 Å². The number of aromatic nitrogens is 3. The normalized spacial score (nSPS) is 12.3. The van der Waals surface area contributed by atoms with E-state index in [1.165, 1.54) is 0 Å². The molecule has 0 saturated carbocycles. The zero-order valence-corrected chi connectivity index (χ0v) is 10.8. The lowest BCUT2D eigenvalue weighted by atomic mass is 10.0. The molecular weight excluding hydrogens is 246 g/mol. The molecule has 100 valence electrons. The Morgan fingerprint density at radius 2 is 2.21 bits per heavy atom. The molecule has 6 heteroatoms. The highest BCUT2D eigenvalue weighted by Crippen LogP contribution is 2.18. The van der Waals surface area contributed by atoms with Crippen LogP contribution in [0.1, 0.15) is 24.9 Å². The fourth-order valence-corrected chi connectivity index (χ4v) is 1.77. The van der Waals surface area contributed by atoms with Gasteiger partial charge in [0.2, 0.25) is 5.89 Å². The lowest BCUT2D eigenvalue weighted by Gasteiger charge is -2.03. The summed E-state index contributed by atoms with van der Waals surface area (Å²) in [6.45, 7) is 3.72. The lowest BCUT2D eigenvalue weighted by Crippen LogP contribution is -2.07. The van der Waals surface area contributed by atoms with Crippen LogP contribution in [0.5, 0.6) is 0 Å². The van der Waals surface area contributed by atoms with Gasteiger partial charge in [0.05, 0.1) is 0 Å². The van der Waals surface area contributed by atoms with E-state index in [2.05, 4.69) is 15.2 Å². The van der Waals surface area contributed by atoms with Crippen molar-refractivity contribution < 1.29 is 14.3 Å². The Balaban J connectivity index is 2.09. The molecule has 0 radical (unpaired) electrons. The van der Waals surface area contributed by atoms with Gasteiger partial charge < -0.3 is 9.52 Å². The van der Waals surface area contributed by atoms with E-state index in [9.17, 15) is 4.79 Å². The average molecular weight is 261 g/mol. The fraction of sp³-hybridized carbons (Fsp3) is 0.385. The Morgan fingerprint density at radius 3 is 2.89 bits per heavy atom. The van der Waals surface area contributed by atoms with E-state index in [0.29, 0.717) is 23.9 Å². The molecule has 1 N–H and O–H groups in total. The minimum atomic E-state index is -0.826. The monoisotopic (exact) mass is 261 g/mol. The molecule has 0 aliphatic heterocycles. The molecule has 1 atom stereocenters. The first-order valence-corrected chi connectivity index (χ1v) is 6.03. The minimum absolute atomic E-state index is 0.0451. The third kappa shape index (κ3) is 3.61. The van der Waals surface area contributed by atoms with Crippen molar-refractivity contribution in [3.8, 4) is 11.6 Å². The molecule has 0 amide bonds. The van der Waals surface area contributed by atoms with Gasteiger partial charge in [-0.25, -0.2) is 4.98 Å². The molecule has 0 bridgehead atoms. The maximum atomic E-state index is 10.6. The van der Waals surface area contributed by atoms with E-state index in [4.69, 9.17) is 9.52 Å². The zero-order valence-electron chi connectivity index (χ0n) is 10.8. The van der Waals surface area contributed by atoms with Crippen molar-refractivity contribution in [2.75, 3.05) is 0 Å². The van der Waals surface area contributed by atoms with Crippen molar-refractivity contribution in [3.05, 3.63) is 29.8 Å². The standard InChI is InChI=1S/C13H15N3O3/c1-8(7-12(17)18)6-11-15-16-13(19-11)10-5-3-4-9(2)14-10/h3-5,8H,6-7H2,1-2H3,(H,17,18). The molecular formula is C13H15N3O3. The van der Waals surface area contributed by atoms with Crippen LogP contribution < -0.4 is 0 Å². The number of rotatable bonds is 5. The first-order chi connectivity index (χ1) is 9.04. The predicted molar refractivity (Wildman–Crippen MR) is 67.4 cm³/mol. The molecule has 2 aromatic rings. The molecule has 2 rings (SSSR count). The summed E-state index contributed by atoms with van der Waals surface area (Å²) in [5.41, 5.74) is 1.50. The number of hydrogen-bond donors (Lipinski definition) is 1. The topological polar surface area (TPSA) is 89.1 Å². The van der Waals surface area contributed by atoms with Crippen molar-refractivity contribution in [1.82, 2.24) is 15.2 Å². The summed E-state index contributed by atoms with van der Waals surface area (Å²) < 4.78 is 5.50. The van der Waals surface area contributed by atoms with Gasteiger partial charge in [0.15, 0.2) is 0 Å². The Morgan fingerprint density at radius 1 is 1.42 bits per heavy atom. The van der Waals surface area contributed by atoms with Crippen LogP contribution >= 0.6 is 0 Å². The van der Waals surface area contributed by atoms with E-state index >= 15 is 0 Å². The third-order valence-electron chi connectivity index (χ3n) is 2.62. The van der Waals surface area contributed by atoms with Gasteiger partial charge in [-0.15, -0.1) is 10.2 Å². The Hall–Kier alpha value is -2.24. The second kappa shape index (κ2) is 5.60. The van der Waals surface area contributed by atoms with Crippen LogP contribution in [0.2, 0.25) is 0 Å². The maximum Gasteiger partial charge on any atom is 0.303 e. The van der Waals surface area contributed by atoms with E-state index in [1.54, 1.807) is 6.07 Å². The Labute approximate surface area is 110 Å². The van der Waals surface area contributed by atoms with Crippen molar-refractivity contribution in [3.63, 3.8) is 0 Å². The second-order valence-electron chi connectivity index (χ2n) is 4.57. The Bertz CT molecular complexity index is 580. The fourth-order valence-electron chi connectivity index (χ4n) is 1.77. The first-order valence-electron chi connectivity index (χ1n) is 6.03. The van der Waals surface area contributed by atoms with Crippen LogP contribution in [0.4, 0.5) is 0 Å². The molecule has 0 aromatic carbocycles. The van der Waals surface area contributed by atoms with Gasteiger partial charge >= 0.3 is 5.97 Å². The number of aryl methyl sites for hydroxylation is 1. The van der Waals surface area contributed by atoms with Crippen LogP contribution in [0.3, 0.4) is 0 Å². The number of carboxylic acids is 1. The maximum absolute atomic E-state index is 10.6. The van der Waals surface area contributed by atoms with Crippen molar-refractivity contribution in [2.45, 2.75) is 26.7 Å².